The average molecular weight is 348 g/mol. The summed E-state index contributed by atoms with van der Waals surface area (Å²) in [6.45, 7) is 7.25. The van der Waals surface area contributed by atoms with E-state index < -0.39 is 0 Å². The van der Waals surface area contributed by atoms with E-state index in [1.54, 1.807) is 7.11 Å². The van der Waals surface area contributed by atoms with Gasteiger partial charge in [0.05, 0.1) is 6.61 Å². The Kier molecular flexibility index (Phi) is 8.77. The molecular formula is C20H33N3O2. The minimum absolute atomic E-state index is 0.0620. The van der Waals surface area contributed by atoms with E-state index in [2.05, 4.69) is 52.4 Å². The van der Waals surface area contributed by atoms with Gasteiger partial charge in [-0.25, -0.2) is 4.79 Å². The van der Waals surface area contributed by atoms with E-state index in [9.17, 15) is 4.79 Å². The molecule has 0 saturated carbocycles. The molecule has 0 aliphatic carbocycles. The number of hydrogen-bond acceptors (Lipinski definition) is 3. The van der Waals surface area contributed by atoms with Crippen molar-refractivity contribution in [2.75, 3.05) is 39.9 Å². The zero-order chi connectivity index (χ0) is 17.9. The molecule has 140 valence electrons. The van der Waals surface area contributed by atoms with E-state index in [1.807, 2.05) is 0 Å². The summed E-state index contributed by atoms with van der Waals surface area (Å²) in [4.78, 5) is 17.1. The largest absolute Gasteiger partial charge is 0.383 e. The Morgan fingerprint density at radius 2 is 2.00 bits per heavy atom. The van der Waals surface area contributed by atoms with Crippen molar-refractivity contribution in [2.24, 2.45) is 0 Å². The monoisotopic (exact) mass is 347 g/mol. The summed E-state index contributed by atoms with van der Waals surface area (Å²) >= 11 is 0. The second-order valence-corrected chi connectivity index (χ2v) is 6.76. The van der Waals surface area contributed by atoms with Crippen molar-refractivity contribution in [1.29, 1.82) is 0 Å². The molecule has 0 spiro atoms. The lowest BCUT2D eigenvalue weighted by Gasteiger charge is -2.38. The molecule has 0 unspecified atom stereocenters. The van der Waals surface area contributed by atoms with E-state index in [1.165, 1.54) is 5.56 Å². The number of nitrogens with one attached hydrogen (secondary N) is 1. The fourth-order valence-electron chi connectivity index (χ4n) is 3.37. The fourth-order valence-corrected chi connectivity index (χ4v) is 3.37. The first-order valence-electron chi connectivity index (χ1n) is 9.54. The van der Waals surface area contributed by atoms with Crippen LogP contribution in [0.25, 0.3) is 0 Å². The Labute approximate surface area is 152 Å². The number of hydrogen-bond donors (Lipinski definition) is 1. The Bertz CT molecular complexity index is 487. The van der Waals surface area contributed by atoms with Crippen LogP contribution < -0.4 is 5.32 Å². The van der Waals surface area contributed by atoms with Crippen LogP contribution in [-0.2, 0) is 11.3 Å². The highest BCUT2D eigenvalue weighted by Gasteiger charge is 2.27. The van der Waals surface area contributed by atoms with Gasteiger partial charge in [0.15, 0.2) is 0 Å². The molecule has 0 radical (unpaired) electrons. The van der Waals surface area contributed by atoms with E-state index in [4.69, 9.17) is 4.74 Å². The van der Waals surface area contributed by atoms with Gasteiger partial charge in [0.25, 0.3) is 0 Å². The molecule has 2 amide bonds. The van der Waals surface area contributed by atoms with Crippen LogP contribution in [0.2, 0.25) is 0 Å². The second kappa shape index (κ2) is 11.1. The number of nitrogens with zero attached hydrogens (tertiary/aromatic N) is 2. The molecule has 1 saturated heterocycles. The van der Waals surface area contributed by atoms with E-state index in [0.717, 1.165) is 51.9 Å². The zero-order valence-electron chi connectivity index (χ0n) is 15.7. The number of urea groups is 1. The summed E-state index contributed by atoms with van der Waals surface area (Å²) in [7, 11) is 1.66. The molecule has 1 N–H and O–H groups in total. The van der Waals surface area contributed by atoms with Crippen molar-refractivity contribution < 1.29 is 9.53 Å². The molecule has 1 aromatic rings. The third-order valence-electron chi connectivity index (χ3n) is 4.84. The Morgan fingerprint density at radius 3 is 2.64 bits per heavy atom. The Morgan fingerprint density at radius 1 is 1.28 bits per heavy atom. The number of likely N-dealkylation sites (tertiary alicyclic amines) is 1. The number of piperidine rings is 1. The minimum Gasteiger partial charge on any atom is -0.383 e. The highest BCUT2D eigenvalue weighted by Crippen LogP contribution is 2.19. The lowest BCUT2D eigenvalue weighted by atomic mass is 10.0. The van der Waals surface area contributed by atoms with Gasteiger partial charge in [-0.05, 0) is 24.8 Å². The van der Waals surface area contributed by atoms with Gasteiger partial charge in [-0.1, -0.05) is 43.7 Å². The van der Waals surface area contributed by atoms with Crippen LogP contribution in [0.4, 0.5) is 4.79 Å². The van der Waals surface area contributed by atoms with Crippen molar-refractivity contribution in [3.8, 4) is 0 Å². The van der Waals surface area contributed by atoms with Crippen LogP contribution in [0, 0.1) is 0 Å². The zero-order valence-corrected chi connectivity index (χ0v) is 15.7. The third kappa shape index (κ3) is 6.67. The van der Waals surface area contributed by atoms with E-state index in [-0.39, 0.29) is 6.03 Å². The molecule has 5 nitrogen and oxygen atoms in total. The Balaban J connectivity index is 1.84. The highest BCUT2D eigenvalue weighted by atomic mass is 16.5. The molecule has 2 rings (SSSR count). The maximum atomic E-state index is 12.5. The summed E-state index contributed by atoms with van der Waals surface area (Å²) in [6, 6.07) is 11.0. The maximum absolute atomic E-state index is 12.5. The highest BCUT2D eigenvalue weighted by molar-refractivity contribution is 5.74. The SMILES string of the molecule is CCCCN(C(=O)NCCOC)C1CCN(Cc2ccccc2)CC1. The van der Waals surface area contributed by atoms with Crippen molar-refractivity contribution in [2.45, 2.75) is 45.2 Å². The van der Waals surface area contributed by atoms with Crippen LogP contribution in [-0.4, -0.2) is 61.8 Å². The summed E-state index contributed by atoms with van der Waals surface area (Å²) in [5.74, 6) is 0. The number of benzene rings is 1. The van der Waals surface area contributed by atoms with Gasteiger partial charge in [0.1, 0.15) is 0 Å². The van der Waals surface area contributed by atoms with Crippen LogP contribution in [0.15, 0.2) is 30.3 Å². The first kappa shape index (κ1) is 19.7. The minimum atomic E-state index is 0.0620. The molecule has 1 fully saturated rings. The van der Waals surface area contributed by atoms with Crippen molar-refractivity contribution in [1.82, 2.24) is 15.1 Å². The van der Waals surface area contributed by atoms with Gasteiger partial charge in [-0.3, -0.25) is 4.90 Å². The van der Waals surface area contributed by atoms with Gasteiger partial charge in [0, 0.05) is 45.9 Å². The molecule has 1 heterocycles. The topological polar surface area (TPSA) is 44.8 Å². The lowest BCUT2D eigenvalue weighted by molar-refractivity contribution is 0.114. The molecule has 0 bridgehead atoms. The third-order valence-corrected chi connectivity index (χ3v) is 4.84. The first-order chi connectivity index (χ1) is 12.2. The quantitative estimate of drug-likeness (QED) is 0.698. The molecule has 25 heavy (non-hydrogen) atoms. The number of carbonyl (C=O) groups is 1. The van der Waals surface area contributed by atoms with Gasteiger partial charge in [-0.2, -0.15) is 0 Å². The number of unbranched alkanes of at least 4 members (excludes halogenated alkanes) is 1. The Hall–Kier alpha value is -1.59. The standard InChI is InChI=1S/C20H33N3O2/c1-3-4-13-23(20(24)21-12-16-25-2)19-10-14-22(15-11-19)17-18-8-6-5-7-9-18/h5-9,19H,3-4,10-17H2,1-2H3,(H,21,24). The molecule has 0 aromatic heterocycles. The fraction of sp³-hybridized carbons (Fsp3) is 0.650. The van der Waals surface area contributed by atoms with E-state index in [0.29, 0.717) is 19.2 Å². The van der Waals surface area contributed by atoms with E-state index >= 15 is 0 Å². The molecule has 1 aromatic carbocycles. The van der Waals surface area contributed by atoms with Gasteiger partial charge < -0.3 is 15.0 Å². The smallest absolute Gasteiger partial charge is 0.317 e. The van der Waals surface area contributed by atoms with Crippen molar-refractivity contribution in [3.63, 3.8) is 0 Å². The van der Waals surface area contributed by atoms with Gasteiger partial charge in [-0.15, -0.1) is 0 Å². The average Bonchev–Trinajstić information content (AvgIpc) is 2.64. The molecule has 1 aliphatic rings. The number of ether oxygens (including phenoxy) is 1. The van der Waals surface area contributed by atoms with Gasteiger partial charge >= 0.3 is 6.03 Å². The maximum Gasteiger partial charge on any atom is 0.317 e. The summed E-state index contributed by atoms with van der Waals surface area (Å²) in [5.41, 5.74) is 1.36. The number of amides is 2. The first-order valence-corrected chi connectivity index (χ1v) is 9.54. The number of carbonyl (C=O) groups excluding carboxylic acids is 1. The molecule has 0 atom stereocenters. The normalized spacial score (nSPS) is 15.9. The van der Waals surface area contributed by atoms with Gasteiger partial charge in [0.2, 0.25) is 0 Å². The number of rotatable bonds is 9. The summed E-state index contributed by atoms with van der Waals surface area (Å²) in [6.07, 6.45) is 4.26. The van der Waals surface area contributed by atoms with Crippen molar-refractivity contribution >= 4 is 6.03 Å². The predicted octanol–water partition coefficient (Wildman–Crippen LogP) is 3.11. The predicted molar refractivity (Wildman–Crippen MR) is 102 cm³/mol. The van der Waals surface area contributed by atoms with Crippen LogP contribution in [0.3, 0.4) is 0 Å². The molecular weight excluding hydrogens is 314 g/mol. The lowest BCUT2D eigenvalue weighted by Crippen LogP contribution is -2.51. The summed E-state index contributed by atoms with van der Waals surface area (Å²) < 4.78 is 5.03. The molecule has 1 aliphatic heterocycles. The molecule has 5 heteroatoms. The van der Waals surface area contributed by atoms with Crippen LogP contribution in [0.5, 0.6) is 0 Å². The van der Waals surface area contributed by atoms with Crippen LogP contribution >= 0.6 is 0 Å². The van der Waals surface area contributed by atoms with Crippen molar-refractivity contribution in [3.05, 3.63) is 35.9 Å². The summed E-state index contributed by atoms with van der Waals surface area (Å²) in [5, 5.41) is 2.99. The van der Waals surface area contributed by atoms with Crippen LogP contribution in [0.1, 0.15) is 38.2 Å². The number of methoxy groups -OCH3 is 1. The second-order valence-electron chi connectivity index (χ2n) is 6.76.